The molecule has 0 saturated carbocycles. The number of halogens is 1. The van der Waals surface area contributed by atoms with Gasteiger partial charge in [0.15, 0.2) is 0 Å². The Labute approximate surface area is 106 Å². The molecule has 1 aliphatic carbocycles. The number of fused-ring (bicyclic) bond motifs is 1. The van der Waals surface area contributed by atoms with Crippen molar-refractivity contribution >= 4 is 17.3 Å². The van der Waals surface area contributed by atoms with E-state index in [2.05, 4.69) is 35.6 Å². The maximum absolute atomic E-state index is 5.99. The maximum Gasteiger partial charge on any atom is 0.0519 e. The van der Waals surface area contributed by atoms with E-state index in [1.807, 2.05) is 18.2 Å². The highest BCUT2D eigenvalue weighted by Crippen LogP contribution is 2.33. The Bertz CT molecular complexity index is 536. The van der Waals surface area contributed by atoms with Crippen LogP contribution in [0.2, 0.25) is 5.02 Å². The smallest absolute Gasteiger partial charge is 0.0519 e. The van der Waals surface area contributed by atoms with Gasteiger partial charge in [-0.2, -0.15) is 0 Å². The van der Waals surface area contributed by atoms with Crippen molar-refractivity contribution in [3.05, 3.63) is 64.7 Å². The molecule has 2 aromatic rings. The first-order valence-electron chi connectivity index (χ1n) is 5.93. The SMILES string of the molecule is Clc1cccc(NC2CCc3ccccc32)c1. The van der Waals surface area contributed by atoms with Crippen LogP contribution in [0.4, 0.5) is 5.69 Å². The zero-order valence-electron chi connectivity index (χ0n) is 9.49. The molecule has 2 aromatic carbocycles. The predicted octanol–water partition coefficient (Wildman–Crippen LogP) is 4.44. The Kier molecular flexibility index (Phi) is 2.77. The fraction of sp³-hybridized carbons (Fsp3) is 0.200. The van der Waals surface area contributed by atoms with Crippen LogP contribution in [-0.4, -0.2) is 0 Å². The molecular weight excluding hydrogens is 230 g/mol. The van der Waals surface area contributed by atoms with E-state index < -0.39 is 0 Å². The van der Waals surface area contributed by atoms with E-state index in [4.69, 9.17) is 11.6 Å². The van der Waals surface area contributed by atoms with Gasteiger partial charge in [-0.1, -0.05) is 41.9 Å². The highest BCUT2D eigenvalue weighted by atomic mass is 35.5. The van der Waals surface area contributed by atoms with Crippen LogP contribution in [0, 0.1) is 0 Å². The third-order valence-corrected chi connectivity index (χ3v) is 3.53. The number of hydrogen-bond acceptors (Lipinski definition) is 1. The molecule has 3 rings (SSSR count). The summed E-state index contributed by atoms with van der Waals surface area (Å²) in [6.07, 6.45) is 2.32. The molecule has 0 bridgehead atoms. The molecule has 0 aromatic heterocycles. The van der Waals surface area contributed by atoms with Crippen molar-refractivity contribution in [3.63, 3.8) is 0 Å². The van der Waals surface area contributed by atoms with Gasteiger partial charge in [-0.25, -0.2) is 0 Å². The van der Waals surface area contributed by atoms with E-state index in [9.17, 15) is 0 Å². The zero-order chi connectivity index (χ0) is 11.7. The number of rotatable bonds is 2. The lowest BCUT2D eigenvalue weighted by Gasteiger charge is -2.15. The summed E-state index contributed by atoms with van der Waals surface area (Å²) < 4.78 is 0. The lowest BCUT2D eigenvalue weighted by molar-refractivity contribution is 0.762. The second kappa shape index (κ2) is 4.42. The number of aryl methyl sites for hydroxylation is 1. The van der Waals surface area contributed by atoms with Crippen LogP contribution in [0.1, 0.15) is 23.6 Å². The molecule has 1 atom stereocenters. The first-order valence-corrected chi connectivity index (χ1v) is 6.30. The summed E-state index contributed by atoms with van der Waals surface area (Å²) in [6, 6.07) is 17.0. The molecule has 0 radical (unpaired) electrons. The van der Waals surface area contributed by atoms with E-state index >= 15 is 0 Å². The highest BCUT2D eigenvalue weighted by Gasteiger charge is 2.21. The summed E-state index contributed by atoms with van der Waals surface area (Å²) in [5, 5.41) is 4.33. The van der Waals surface area contributed by atoms with Crippen molar-refractivity contribution < 1.29 is 0 Å². The van der Waals surface area contributed by atoms with Crippen molar-refractivity contribution in [1.82, 2.24) is 0 Å². The Morgan fingerprint density at radius 1 is 1.06 bits per heavy atom. The van der Waals surface area contributed by atoms with Gasteiger partial charge >= 0.3 is 0 Å². The van der Waals surface area contributed by atoms with Crippen LogP contribution in [0.25, 0.3) is 0 Å². The fourth-order valence-corrected chi connectivity index (χ4v) is 2.68. The molecule has 17 heavy (non-hydrogen) atoms. The van der Waals surface area contributed by atoms with Crippen molar-refractivity contribution in [2.24, 2.45) is 0 Å². The predicted molar refractivity (Wildman–Crippen MR) is 72.6 cm³/mol. The van der Waals surface area contributed by atoms with E-state index in [0.717, 1.165) is 23.6 Å². The van der Waals surface area contributed by atoms with Crippen LogP contribution in [0.3, 0.4) is 0 Å². The second-order valence-electron chi connectivity index (χ2n) is 4.44. The van der Waals surface area contributed by atoms with Gasteiger partial charge in [-0.15, -0.1) is 0 Å². The molecule has 0 fully saturated rings. The molecule has 0 amide bonds. The fourth-order valence-electron chi connectivity index (χ4n) is 2.49. The normalized spacial score (nSPS) is 17.8. The maximum atomic E-state index is 5.99. The van der Waals surface area contributed by atoms with Gasteiger partial charge in [0.1, 0.15) is 0 Å². The standard InChI is InChI=1S/C15H14ClN/c16-12-5-3-6-13(10-12)17-15-9-8-11-4-1-2-7-14(11)15/h1-7,10,15,17H,8-9H2. The summed E-state index contributed by atoms with van der Waals surface area (Å²) in [4.78, 5) is 0. The summed E-state index contributed by atoms with van der Waals surface area (Å²) in [5.41, 5.74) is 3.98. The average molecular weight is 244 g/mol. The van der Waals surface area contributed by atoms with Gasteiger partial charge in [0.25, 0.3) is 0 Å². The number of benzene rings is 2. The van der Waals surface area contributed by atoms with Crippen LogP contribution in [-0.2, 0) is 6.42 Å². The van der Waals surface area contributed by atoms with Crippen LogP contribution in [0.15, 0.2) is 48.5 Å². The monoisotopic (exact) mass is 243 g/mol. The zero-order valence-corrected chi connectivity index (χ0v) is 10.2. The molecule has 1 N–H and O–H groups in total. The molecule has 1 nitrogen and oxygen atoms in total. The second-order valence-corrected chi connectivity index (χ2v) is 4.88. The van der Waals surface area contributed by atoms with Crippen molar-refractivity contribution in [2.75, 3.05) is 5.32 Å². The molecular formula is C15H14ClN. The molecule has 86 valence electrons. The third-order valence-electron chi connectivity index (χ3n) is 3.30. The molecule has 1 aliphatic rings. The van der Waals surface area contributed by atoms with Gasteiger partial charge in [0, 0.05) is 10.7 Å². The molecule has 0 saturated heterocycles. The van der Waals surface area contributed by atoms with E-state index in [0.29, 0.717) is 6.04 Å². The summed E-state index contributed by atoms with van der Waals surface area (Å²) in [6.45, 7) is 0. The molecule has 2 heteroatoms. The van der Waals surface area contributed by atoms with E-state index in [-0.39, 0.29) is 0 Å². The summed E-state index contributed by atoms with van der Waals surface area (Å²) >= 11 is 5.99. The topological polar surface area (TPSA) is 12.0 Å². The Morgan fingerprint density at radius 3 is 2.82 bits per heavy atom. The van der Waals surface area contributed by atoms with E-state index in [1.54, 1.807) is 0 Å². The van der Waals surface area contributed by atoms with Gasteiger partial charge < -0.3 is 5.32 Å². The Hall–Kier alpha value is -1.47. The first-order chi connectivity index (χ1) is 8.33. The number of nitrogens with one attached hydrogen (secondary N) is 1. The molecule has 0 heterocycles. The Balaban J connectivity index is 1.84. The van der Waals surface area contributed by atoms with Crippen LogP contribution >= 0.6 is 11.6 Å². The van der Waals surface area contributed by atoms with Crippen LogP contribution < -0.4 is 5.32 Å². The lowest BCUT2D eigenvalue weighted by atomic mass is 10.1. The lowest BCUT2D eigenvalue weighted by Crippen LogP contribution is -2.06. The highest BCUT2D eigenvalue weighted by molar-refractivity contribution is 6.30. The number of hydrogen-bond donors (Lipinski definition) is 1. The van der Waals surface area contributed by atoms with Crippen molar-refractivity contribution in [3.8, 4) is 0 Å². The van der Waals surface area contributed by atoms with Gasteiger partial charge in [-0.3, -0.25) is 0 Å². The van der Waals surface area contributed by atoms with Crippen molar-refractivity contribution in [2.45, 2.75) is 18.9 Å². The minimum Gasteiger partial charge on any atom is -0.378 e. The largest absolute Gasteiger partial charge is 0.378 e. The minimum absolute atomic E-state index is 0.421. The quantitative estimate of drug-likeness (QED) is 0.822. The molecule has 1 unspecified atom stereocenters. The average Bonchev–Trinajstić information content (AvgIpc) is 2.73. The van der Waals surface area contributed by atoms with Gasteiger partial charge in [-0.05, 0) is 42.2 Å². The van der Waals surface area contributed by atoms with E-state index in [1.165, 1.54) is 11.1 Å². The summed E-state index contributed by atoms with van der Waals surface area (Å²) in [7, 11) is 0. The summed E-state index contributed by atoms with van der Waals surface area (Å²) in [5.74, 6) is 0. The van der Waals surface area contributed by atoms with Crippen molar-refractivity contribution in [1.29, 1.82) is 0 Å². The Morgan fingerprint density at radius 2 is 1.94 bits per heavy atom. The molecule has 0 aliphatic heterocycles. The first kappa shape index (κ1) is 10.7. The third kappa shape index (κ3) is 2.16. The number of anilines is 1. The van der Waals surface area contributed by atoms with Crippen LogP contribution in [0.5, 0.6) is 0 Å². The van der Waals surface area contributed by atoms with Gasteiger partial charge in [0.05, 0.1) is 6.04 Å². The van der Waals surface area contributed by atoms with Gasteiger partial charge in [0.2, 0.25) is 0 Å². The molecule has 0 spiro atoms. The minimum atomic E-state index is 0.421.